The second kappa shape index (κ2) is 7.60. The second-order valence-corrected chi connectivity index (χ2v) is 7.50. The Balaban J connectivity index is 1.70. The Morgan fingerprint density at radius 2 is 2.19 bits per heavy atom. The van der Waals surface area contributed by atoms with Crippen molar-refractivity contribution in [1.82, 2.24) is 24.8 Å². The maximum Gasteiger partial charge on any atom is 0.219 e. The van der Waals surface area contributed by atoms with E-state index in [0.717, 1.165) is 55.1 Å². The average molecular weight is 366 g/mol. The molecule has 1 N–H and O–H groups in total. The summed E-state index contributed by atoms with van der Waals surface area (Å²) in [4.78, 5) is 29.9. The Bertz CT molecular complexity index is 825. The minimum atomic E-state index is 0.0885. The first-order valence-electron chi connectivity index (χ1n) is 9.61. The zero-order valence-corrected chi connectivity index (χ0v) is 16.0. The Morgan fingerprint density at radius 1 is 1.30 bits per heavy atom. The molecule has 2 aromatic rings. The number of hydrogen-bond acceptors (Lipinski definition) is 6. The summed E-state index contributed by atoms with van der Waals surface area (Å²) in [5.74, 6) is 1.67. The monoisotopic (exact) mass is 366 g/mol. The van der Waals surface area contributed by atoms with Gasteiger partial charge in [-0.3, -0.25) is 9.78 Å². The number of fused-ring (bicyclic) bond motifs is 1. The van der Waals surface area contributed by atoms with Gasteiger partial charge in [-0.2, -0.15) is 0 Å². The highest BCUT2D eigenvalue weighted by molar-refractivity contribution is 5.74. The van der Waals surface area contributed by atoms with Crippen LogP contribution in [-0.4, -0.2) is 63.4 Å². The van der Waals surface area contributed by atoms with Crippen LogP contribution in [0, 0.1) is 0 Å². The quantitative estimate of drug-likeness (QED) is 0.895. The van der Waals surface area contributed by atoms with Crippen LogP contribution in [-0.2, 0) is 17.8 Å². The van der Waals surface area contributed by atoms with Gasteiger partial charge in [0.25, 0.3) is 0 Å². The second-order valence-electron chi connectivity index (χ2n) is 7.50. The molecule has 0 spiro atoms. The number of amides is 1. The summed E-state index contributed by atoms with van der Waals surface area (Å²) in [7, 11) is 2.16. The summed E-state index contributed by atoms with van der Waals surface area (Å²) < 4.78 is 0. The van der Waals surface area contributed by atoms with Crippen molar-refractivity contribution in [2.75, 3.05) is 32.0 Å². The number of piperidine rings is 1. The molecule has 4 heterocycles. The number of likely N-dealkylation sites (N-methyl/N-ethyl adjacent to an activating group) is 1. The van der Waals surface area contributed by atoms with Gasteiger partial charge in [0.15, 0.2) is 5.82 Å². The fraction of sp³-hybridized carbons (Fsp3) is 0.500. The number of carbonyl (C=O) groups is 1. The van der Waals surface area contributed by atoms with Crippen LogP contribution in [0.25, 0.3) is 11.4 Å². The van der Waals surface area contributed by atoms with E-state index in [1.54, 1.807) is 19.3 Å². The number of carbonyl (C=O) groups excluding carboxylic acids is 1. The first-order valence-corrected chi connectivity index (χ1v) is 9.61. The number of nitrogens with zero attached hydrogens (tertiary/aromatic N) is 5. The van der Waals surface area contributed by atoms with E-state index in [1.165, 1.54) is 6.42 Å². The molecule has 0 radical (unpaired) electrons. The van der Waals surface area contributed by atoms with Crippen LogP contribution in [0.5, 0.6) is 0 Å². The molecule has 1 unspecified atom stereocenters. The molecule has 7 heteroatoms. The molecule has 0 saturated carbocycles. The summed E-state index contributed by atoms with van der Waals surface area (Å²) >= 11 is 0. The minimum Gasteiger partial charge on any atom is -0.366 e. The van der Waals surface area contributed by atoms with Crippen LogP contribution in [0.2, 0.25) is 0 Å². The third-order valence-electron chi connectivity index (χ3n) is 5.40. The summed E-state index contributed by atoms with van der Waals surface area (Å²) in [5.41, 5.74) is 2.98. The van der Waals surface area contributed by atoms with Crippen LogP contribution in [0.3, 0.4) is 0 Å². The Morgan fingerprint density at radius 3 is 2.93 bits per heavy atom. The topological polar surface area (TPSA) is 74.2 Å². The van der Waals surface area contributed by atoms with E-state index in [9.17, 15) is 4.79 Å². The molecule has 142 valence electrons. The molecule has 1 amide bonds. The number of nitrogens with one attached hydrogen (secondary N) is 1. The predicted octanol–water partition coefficient (Wildman–Crippen LogP) is 1.95. The molecule has 2 aliphatic rings. The standard InChI is InChI=1S/C20H26N6O/c1-14(27)26-10-7-17-18(13-26)23-19(15-5-3-8-21-11-15)24-20(17)22-16-6-4-9-25(2)12-16/h3,5,8,11,16H,4,6-7,9-10,12-13H2,1-2H3,(H,22,23,24). The van der Waals surface area contributed by atoms with Gasteiger partial charge in [-0.25, -0.2) is 9.97 Å². The molecule has 0 bridgehead atoms. The molecule has 0 aliphatic carbocycles. The normalized spacial score (nSPS) is 20.2. The van der Waals surface area contributed by atoms with Gasteiger partial charge in [0.1, 0.15) is 5.82 Å². The van der Waals surface area contributed by atoms with Gasteiger partial charge in [0, 0.05) is 49.6 Å². The van der Waals surface area contributed by atoms with Gasteiger partial charge in [-0.15, -0.1) is 0 Å². The Labute approximate surface area is 159 Å². The first-order chi connectivity index (χ1) is 13.1. The predicted molar refractivity (Wildman–Crippen MR) is 104 cm³/mol. The van der Waals surface area contributed by atoms with Crippen molar-refractivity contribution < 1.29 is 4.79 Å². The summed E-state index contributed by atoms with van der Waals surface area (Å²) in [5, 5.41) is 3.68. The summed E-state index contributed by atoms with van der Waals surface area (Å²) in [6.45, 7) is 5.04. The number of pyridine rings is 1. The molecule has 2 aromatic heterocycles. The maximum atomic E-state index is 11.9. The minimum absolute atomic E-state index is 0.0885. The highest BCUT2D eigenvalue weighted by Crippen LogP contribution is 2.28. The van der Waals surface area contributed by atoms with E-state index in [1.807, 2.05) is 17.0 Å². The van der Waals surface area contributed by atoms with Crippen LogP contribution in [0.1, 0.15) is 31.0 Å². The zero-order chi connectivity index (χ0) is 18.8. The fourth-order valence-electron chi connectivity index (χ4n) is 3.92. The van der Waals surface area contributed by atoms with Crippen LogP contribution >= 0.6 is 0 Å². The van der Waals surface area contributed by atoms with Crippen LogP contribution in [0.4, 0.5) is 5.82 Å². The van der Waals surface area contributed by atoms with Gasteiger partial charge in [0.2, 0.25) is 5.91 Å². The number of hydrogen-bond donors (Lipinski definition) is 1. The van der Waals surface area contributed by atoms with Crippen molar-refractivity contribution >= 4 is 11.7 Å². The van der Waals surface area contributed by atoms with E-state index < -0.39 is 0 Å². The molecule has 4 rings (SSSR count). The van der Waals surface area contributed by atoms with Gasteiger partial charge in [0.05, 0.1) is 12.2 Å². The van der Waals surface area contributed by atoms with Crippen molar-refractivity contribution in [2.24, 2.45) is 0 Å². The van der Waals surface area contributed by atoms with Crippen molar-refractivity contribution in [3.05, 3.63) is 35.8 Å². The summed E-state index contributed by atoms with van der Waals surface area (Å²) in [6.07, 6.45) is 6.65. The molecule has 1 saturated heterocycles. The first kappa shape index (κ1) is 17.9. The van der Waals surface area contributed by atoms with Crippen molar-refractivity contribution in [3.8, 4) is 11.4 Å². The molecular formula is C20H26N6O. The fourth-order valence-corrected chi connectivity index (χ4v) is 3.92. The SMILES string of the molecule is CC(=O)N1CCc2c(nc(-c3cccnc3)nc2NC2CCCN(C)C2)C1. The number of aromatic nitrogens is 3. The van der Waals surface area contributed by atoms with E-state index in [0.29, 0.717) is 18.4 Å². The van der Waals surface area contributed by atoms with Crippen LogP contribution in [0.15, 0.2) is 24.5 Å². The lowest BCUT2D eigenvalue weighted by atomic mass is 10.0. The lowest BCUT2D eigenvalue weighted by Gasteiger charge is -2.33. The molecule has 27 heavy (non-hydrogen) atoms. The molecule has 1 atom stereocenters. The Kier molecular flexibility index (Phi) is 5.03. The lowest BCUT2D eigenvalue weighted by Crippen LogP contribution is -2.41. The lowest BCUT2D eigenvalue weighted by molar-refractivity contribution is -0.129. The zero-order valence-electron chi connectivity index (χ0n) is 16.0. The van der Waals surface area contributed by atoms with E-state index in [2.05, 4.69) is 22.2 Å². The number of likely N-dealkylation sites (tertiary alicyclic amines) is 1. The summed E-state index contributed by atoms with van der Waals surface area (Å²) in [6, 6.07) is 4.25. The molecule has 0 aromatic carbocycles. The van der Waals surface area contributed by atoms with Gasteiger partial charge in [-0.05, 0) is 45.0 Å². The van der Waals surface area contributed by atoms with Gasteiger partial charge < -0.3 is 15.1 Å². The Hall–Kier alpha value is -2.54. The van der Waals surface area contributed by atoms with Gasteiger partial charge >= 0.3 is 0 Å². The van der Waals surface area contributed by atoms with Gasteiger partial charge in [-0.1, -0.05) is 0 Å². The third kappa shape index (κ3) is 3.93. The molecule has 2 aliphatic heterocycles. The highest BCUT2D eigenvalue weighted by Gasteiger charge is 2.26. The van der Waals surface area contributed by atoms with E-state index in [4.69, 9.17) is 9.97 Å². The third-order valence-corrected chi connectivity index (χ3v) is 5.40. The average Bonchev–Trinajstić information content (AvgIpc) is 2.68. The number of anilines is 1. The molecule has 1 fully saturated rings. The van der Waals surface area contributed by atoms with E-state index in [-0.39, 0.29) is 5.91 Å². The number of rotatable bonds is 3. The maximum absolute atomic E-state index is 11.9. The highest BCUT2D eigenvalue weighted by atomic mass is 16.2. The van der Waals surface area contributed by atoms with Crippen molar-refractivity contribution in [3.63, 3.8) is 0 Å². The molecule has 7 nitrogen and oxygen atoms in total. The van der Waals surface area contributed by atoms with Crippen molar-refractivity contribution in [1.29, 1.82) is 0 Å². The largest absolute Gasteiger partial charge is 0.366 e. The molecular weight excluding hydrogens is 340 g/mol. The smallest absolute Gasteiger partial charge is 0.219 e. The van der Waals surface area contributed by atoms with E-state index >= 15 is 0 Å². The van der Waals surface area contributed by atoms with Crippen molar-refractivity contribution in [2.45, 2.75) is 38.8 Å². The van der Waals surface area contributed by atoms with Crippen LogP contribution < -0.4 is 5.32 Å².